The summed E-state index contributed by atoms with van der Waals surface area (Å²) in [5.74, 6) is -0.187. The highest BCUT2D eigenvalue weighted by molar-refractivity contribution is 7.12. The zero-order valence-corrected chi connectivity index (χ0v) is 14.9. The Kier molecular flexibility index (Phi) is 4.90. The standard InChI is InChI=1S/C18H22N2O2S/c1-11-6-7-13(19-17(22)18(3,4)5)10-14(11)20-16(21)15-12(2)8-9-23-15/h6-10H,1-5H3,(H,19,22)(H,20,21). The fraction of sp³-hybridized carbons (Fsp3) is 0.333. The van der Waals surface area contributed by atoms with Crippen molar-refractivity contribution in [2.75, 3.05) is 10.6 Å². The van der Waals surface area contributed by atoms with Crippen LogP contribution in [0.1, 0.15) is 41.6 Å². The molecule has 0 saturated heterocycles. The molecule has 1 aromatic carbocycles. The van der Waals surface area contributed by atoms with E-state index >= 15 is 0 Å². The summed E-state index contributed by atoms with van der Waals surface area (Å²) in [7, 11) is 0. The molecular formula is C18H22N2O2S. The highest BCUT2D eigenvalue weighted by atomic mass is 32.1. The van der Waals surface area contributed by atoms with Crippen LogP contribution in [0.3, 0.4) is 0 Å². The van der Waals surface area contributed by atoms with Gasteiger partial charge in [-0.2, -0.15) is 0 Å². The Morgan fingerprint density at radius 2 is 1.70 bits per heavy atom. The molecule has 0 aliphatic carbocycles. The molecular weight excluding hydrogens is 308 g/mol. The molecule has 4 nitrogen and oxygen atoms in total. The lowest BCUT2D eigenvalue weighted by molar-refractivity contribution is -0.123. The van der Waals surface area contributed by atoms with Gasteiger partial charge in [-0.05, 0) is 48.6 Å². The van der Waals surface area contributed by atoms with E-state index in [0.717, 1.165) is 11.1 Å². The minimum Gasteiger partial charge on any atom is -0.326 e. The quantitative estimate of drug-likeness (QED) is 0.864. The van der Waals surface area contributed by atoms with E-state index in [1.165, 1.54) is 11.3 Å². The molecule has 0 aliphatic heterocycles. The van der Waals surface area contributed by atoms with Crippen molar-refractivity contribution in [3.05, 3.63) is 45.6 Å². The van der Waals surface area contributed by atoms with Gasteiger partial charge in [0.05, 0.1) is 4.88 Å². The number of aryl methyl sites for hydroxylation is 2. The normalized spacial score (nSPS) is 11.2. The zero-order valence-electron chi connectivity index (χ0n) is 14.1. The summed E-state index contributed by atoms with van der Waals surface area (Å²) >= 11 is 1.42. The number of anilines is 2. The number of hydrogen-bond acceptors (Lipinski definition) is 3. The fourth-order valence-corrected chi connectivity index (χ4v) is 2.76. The van der Waals surface area contributed by atoms with Crippen LogP contribution in [0.15, 0.2) is 29.6 Å². The van der Waals surface area contributed by atoms with E-state index in [1.807, 2.05) is 58.2 Å². The van der Waals surface area contributed by atoms with Gasteiger partial charge in [-0.3, -0.25) is 9.59 Å². The number of amides is 2. The Morgan fingerprint density at radius 1 is 1.00 bits per heavy atom. The van der Waals surface area contributed by atoms with Crippen LogP contribution in [-0.4, -0.2) is 11.8 Å². The minimum absolute atomic E-state index is 0.0623. The van der Waals surface area contributed by atoms with E-state index in [0.29, 0.717) is 16.3 Å². The van der Waals surface area contributed by atoms with Crippen LogP contribution >= 0.6 is 11.3 Å². The van der Waals surface area contributed by atoms with Gasteiger partial charge in [-0.15, -0.1) is 11.3 Å². The topological polar surface area (TPSA) is 58.2 Å². The van der Waals surface area contributed by atoms with Crippen molar-refractivity contribution in [1.82, 2.24) is 0 Å². The Labute approximate surface area is 140 Å². The van der Waals surface area contributed by atoms with E-state index in [-0.39, 0.29) is 11.8 Å². The van der Waals surface area contributed by atoms with Crippen LogP contribution < -0.4 is 10.6 Å². The highest BCUT2D eigenvalue weighted by Gasteiger charge is 2.21. The summed E-state index contributed by atoms with van der Waals surface area (Å²) in [6.07, 6.45) is 0. The van der Waals surface area contributed by atoms with Gasteiger partial charge < -0.3 is 10.6 Å². The van der Waals surface area contributed by atoms with Gasteiger partial charge in [0.25, 0.3) is 5.91 Å². The second-order valence-electron chi connectivity index (χ2n) is 6.62. The number of rotatable bonds is 3. The Bertz CT molecular complexity index is 742. The van der Waals surface area contributed by atoms with Gasteiger partial charge in [0, 0.05) is 16.8 Å². The first kappa shape index (κ1) is 17.2. The average Bonchev–Trinajstić information content (AvgIpc) is 2.87. The summed E-state index contributed by atoms with van der Waals surface area (Å²) in [4.78, 5) is 25.1. The van der Waals surface area contributed by atoms with Crippen molar-refractivity contribution in [2.24, 2.45) is 5.41 Å². The predicted octanol–water partition coefficient (Wildman–Crippen LogP) is 4.60. The molecule has 2 N–H and O–H groups in total. The molecule has 0 saturated carbocycles. The molecule has 122 valence electrons. The van der Waals surface area contributed by atoms with Crippen LogP contribution in [0.5, 0.6) is 0 Å². The zero-order chi connectivity index (χ0) is 17.2. The van der Waals surface area contributed by atoms with Crippen LogP contribution in [0.25, 0.3) is 0 Å². The van der Waals surface area contributed by atoms with Gasteiger partial charge >= 0.3 is 0 Å². The lowest BCUT2D eigenvalue weighted by atomic mass is 9.95. The van der Waals surface area contributed by atoms with Crippen molar-refractivity contribution in [2.45, 2.75) is 34.6 Å². The second kappa shape index (κ2) is 6.54. The third-order valence-electron chi connectivity index (χ3n) is 3.49. The maximum Gasteiger partial charge on any atom is 0.266 e. The van der Waals surface area contributed by atoms with Crippen LogP contribution in [0.2, 0.25) is 0 Å². The lowest BCUT2D eigenvalue weighted by Crippen LogP contribution is -2.27. The van der Waals surface area contributed by atoms with Crippen molar-refractivity contribution >= 4 is 34.5 Å². The summed E-state index contributed by atoms with van der Waals surface area (Å²) in [5, 5.41) is 7.71. The molecule has 2 aromatic rings. The van der Waals surface area contributed by atoms with Crippen molar-refractivity contribution in [3.63, 3.8) is 0 Å². The van der Waals surface area contributed by atoms with Crippen molar-refractivity contribution in [1.29, 1.82) is 0 Å². The maximum absolute atomic E-state index is 12.4. The third kappa shape index (κ3) is 4.20. The van der Waals surface area contributed by atoms with E-state index in [1.54, 1.807) is 6.07 Å². The van der Waals surface area contributed by atoms with Gasteiger partial charge in [-0.25, -0.2) is 0 Å². The highest BCUT2D eigenvalue weighted by Crippen LogP contribution is 2.24. The molecule has 5 heteroatoms. The summed E-state index contributed by atoms with van der Waals surface area (Å²) in [6.45, 7) is 9.42. The molecule has 0 aliphatic rings. The van der Waals surface area contributed by atoms with Gasteiger partial charge in [-0.1, -0.05) is 26.8 Å². The maximum atomic E-state index is 12.4. The number of carbonyl (C=O) groups excluding carboxylic acids is 2. The number of hydrogen-bond donors (Lipinski definition) is 2. The monoisotopic (exact) mass is 330 g/mol. The second-order valence-corrected chi connectivity index (χ2v) is 7.54. The molecule has 0 fully saturated rings. The van der Waals surface area contributed by atoms with Crippen LogP contribution in [0, 0.1) is 19.3 Å². The fourth-order valence-electron chi connectivity index (χ4n) is 1.94. The Hall–Kier alpha value is -2.14. The first-order valence-corrected chi connectivity index (χ1v) is 8.34. The molecule has 0 bridgehead atoms. The summed E-state index contributed by atoms with van der Waals surface area (Å²) in [5.41, 5.74) is 2.81. The molecule has 2 amide bonds. The molecule has 0 unspecified atom stereocenters. The summed E-state index contributed by atoms with van der Waals surface area (Å²) < 4.78 is 0. The lowest BCUT2D eigenvalue weighted by Gasteiger charge is -2.18. The third-order valence-corrected chi connectivity index (χ3v) is 4.51. The minimum atomic E-state index is -0.470. The van der Waals surface area contributed by atoms with Crippen molar-refractivity contribution in [3.8, 4) is 0 Å². The molecule has 23 heavy (non-hydrogen) atoms. The first-order valence-electron chi connectivity index (χ1n) is 7.46. The number of benzene rings is 1. The van der Waals surface area contributed by atoms with E-state index < -0.39 is 5.41 Å². The summed E-state index contributed by atoms with van der Waals surface area (Å²) in [6, 6.07) is 7.44. The van der Waals surface area contributed by atoms with E-state index in [9.17, 15) is 9.59 Å². The van der Waals surface area contributed by atoms with Crippen molar-refractivity contribution < 1.29 is 9.59 Å². The molecule has 2 rings (SSSR count). The van der Waals surface area contributed by atoms with Gasteiger partial charge in [0.1, 0.15) is 0 Å². The molecule has 1 aromatic heterocycles. The first-order chi connectivity index (χ1) is 10.7. The predicted molar refractivity (Wildman–Crippen MR) is 96.3 cm³/mol. The smallest absolute Gasteiger partial charge is 0.266 e. The Morgan fingerprint density at radius 3 is 2.26 bits per heavy atom. The molecule has 1 heterocycles. The average molecular weight is 330 g/mol. The van der Waals surface area contributed by atoms with Crippen LogP contribution in [0.4, 0.5) is 11.4 Å². The number of thiophene rings is 1. The number of carbonyl (C=O) groups is 2. The SMILES string of the molecule is Cc1ccc(NC(=O)C(C)(C)C)cc1NC(=O)c1sccc1C. The molecule has 0 atom stereocenters. The Balaban J connectivity index is 2.19. The van der Waals surface area contributed by atoms with E-state index in [2.05, 4.69) is 10.6 Å². The van der Waals surface area contributed by atoms with Crippen LogP contribution in [-0.2, 0) is 4.79 Å². The number of nitrogens with one attached hydrogen (secondary N) is 2. The van der Waals surface area contributed by atoms with E-state index in [4.69, 9.17) is 0 Å². The largest absolute Gasteiger partial charge is 0.326 e. The van der Waals surface area contributed by atoms with Gasteiger partial charge in [0.2, 0.25) is 5.91 Å². The molecule has 0 radical (unpaired) electrons. The molecule has 0 spiro atoms. The van der Waals surface area contributed by atoms with Gasteiger partial charge in [0.15, 0.2) is 0 Å².